The maximum atomic E-state index is 10.3. The van der Waals surface area contributed by atoms with E-state index >= 15 is 0 Å². The van der Waals surface area contributed by atoms with Crippen molar-refractivity contribution < 1.29 is 20.4 Å². The zero-order valence-electron chi connectivity index (χ0n) is 31.3. The molecular formula is C48H54O4. The molecule has 270 valence electrons. The van der Waals surface area contributed by atoms with E-state index in [4.69, 9.17) is 0 Å². The smallest absolute Gasteiger partial charge is 0.118 e. The molecule has 0 aromatic heterocycles. The molecule has 0 radical (unpaired) electrons. The van der Waals surface area contributed by atoms with Crippen molar-refractivity contribution in [1.82, 2.24) is 0 Å². The van der Waals surface area contributed by atoms with Gasteiger partial charge in [0.25, 0.3) is 0 Å². The predicted octanol–water partition coefficient (Wildman–Crippen LogP) is 11.2. The van der Waals surface area contributed by atoms with E-state index in [9.17, 15) is 20.4 Å². The number of benzene rings is 5. The molecule has 2 fully saturated rings. The molecule has 52 heavy (non-hydrogen) atoms. The second-order valence-corrected chi connectivity index (χ2v) is 16.3. The third kappa shape index (κ3) is 6.93. The molecule has 7 rings (SSSR count). The first-order chi connectivity index (χ1) is 25.0. The van der Waals surface area contributed by atoms with Crippen LogP contribution in [0.2, 0.25) is 0 Å². The standard InChI is InChI=1S/C48H54O4/c1-31-25-39(9-13-43(31)49)47(40-10-14-44(50)32(2)26-40)21-17-37(18-22-47)29-35-5-7-36(8-6-35)30-38-19-23-48(24-20-38,41-11-15-45(51)33(3)27-41)42-12-16-46(52)34(4)28-42/h5-16,25-28,37-38,49-52H,17-24,29-30H2,1-4H3. The molecule has 0 spiro atoms. The Morgan fingerprint density at radius 3 is 0.885 bits per heavy atom. The summed E-state index contributed by atoms with van der Waals surface area (Å²) in [4.78, 5) is 0. The van der Waals surface area contributed by atoms with Crippen LogP contribution in [-0.4, -0.2) is 20.4 Å². The van der Waals surface area contributed by atoms with Gasteiger partial charge in [-0.25, -0.2) is 0 Å². The first kappa shape index (κ1) is 35.7. The molecule has 2 aliphatic carbocycles. The molecule has 2 aliphatic rings. The van der Waals surface area contributed by atoms with Crippen LogP contribution in [0.1, 0.15) is 107 Å². The van der Waals surface area contributed by atoms with Crippen molar-refractivity contribution >= 4 is 0 Å². The highest BCUT2D eigenvalue weighted by atomic mass is 16.3. The summed E-state index contributed by atoms with van der Waals surface area (Å²) in [5.41, 5.74) is 11.2. The summed E-state index contributed by atoms with van der Waals surface area (Å²) in [5.74, 6) is 2.58. The molecule has 5 aromatic rings. The van der Waals surface area contributed by atoms with Crippen LogP contribution in [0.25, 0.3) is 0 Å². The fourth-order valence-corrected chi connectivity index (χ4v) is 9.53. The van der Waals surface area contributed by atoms with E-state index in [1.54, 1.807) is 0 Å². The highest BCUT2D eigenvalue weighted by Crippen LogP contribution is 2.50. The van der Waals surface area contributed by atoms with Crippen molar-refractivity contribution in [3.8, 4) is 23.0 Å². The van der Waals surface area contributed by atoms with Gasteiger partial charge in [-0.2, -0.15) is 0 Å². The number of aryl methyl sites for hydroxylation is 4. The van der Waals surface area contributed by atoms with Gasteiger partial charge in [-0.3, -0.25) is 0 Å². The van der Waals surface area contributed by atoms with Gasteiger partial charge in [0.1, 0.15) is 23.0 Å². The zero-order valence-corrected chi connectivity index (χ0v) is 31.3. The van der Waals surface area contributed by atoms with E-state index in [1.807, 2.05) is 52.0 Å². The van der Waals surface area contributed by atoms with Crippen LogP contribution in [0.15, 0.2) is 97.1 Å². The fraction of sp³-hybridized carbons (Fsp3) is 0.375. The van der Waals surface area contributed by atoms with Gasteiger partial charge in [0.05, 0.1) is 0 Å². The minimum absolute atomic E-state index is 0.128. The second kappa shape index (κ2) is 14.4. The maximum absolute atomic E-state index is 10.3. The lowest BCUT2D eigenvalue weighted by Gasteiger charge is -2.42. The number of rotatable bonds is 8. The highest BCUT2D eigenvalue weighted by Gasteiger charge is 2.40. The van der Waals surface area contributed by atoms with Gasteiger partial charge in [-0.05, 0) is 184 Å². The molecule has 0 saturated heterocycles. The van der Waals surface area contributed by atoms with E-state index in [-0.39, 0.29) is 10.8 Å². The highest BCUT2D eigenvalue weighted by molar-refractivity contribution is 5.49. The van der Waals surface area contributed by atoms with Gasteiger partial charge < -0.3 is 20.4 Å². The van der Waals surface area contributed by atoms with Crippen molar-refractivity contribution in [1.29, 1.82) is 0 Å². The Hall–Kier alpha value is -4.70. The summed E-state index contributed by atoms with van der Waals surface area (Å²) >= 11 is 0. The van der Waals surface area contributed by atoms with Crippen molar-refractivity contribution in [2.45, 2.75) is 103 Å². The Balaban J connectivity index is 1.01. The van der Waals surface area contributed by atoms with Crippen LogP contribution in [0.4, 0.5) is 0 Å². The molecule has 0 heterocycles. The van der Waals surface area contributed by atoms with Crippen LogP contribution < -0.4 is 0 Å². The molecule has 2 saturated carbocycles. The fourth-order valence-electron chi connectivity index (χ4n) is 9.53. The average Bonchev–Trinajstić information content (AvgIpc) is 3.14. The summed E-state index contributed by atoms with van der Waals surface area (Å²) in [5, 5.41) is 41.1. The summed E-state index contributed by atoms with van der Waals surface area (Å²) in [7, 11) is 0. The van der Waals surface area contributed by atoms with Crippen molar-refractivity contribution in [2.75, 3.05) is 0 Å². The maximum Gasteiger partial charge on any atom is 0.118 e. The molecule has 4 nitrogen and oxygen atoms in total. The lowest BCUT2D eigenvalue weighted by molar-refractivity contribution is 0.263. The van der Waals surface area contributed by atoms with E-state index in [0.717, 1.165) is 86.5 Å². The number of aromatic hydroxyl groups is 4. The SMILES string of the molecule is Cc1cc(C2(c3ccc(O)c(C)c3)CCC(Cc3ccc(CC4CCC(c5ccc(O)c(C)c5)(c5ccc(O)c(C)c5)CC4)cc3)CC2)ccc1O. The Morgan fingerprint density at radius 1 is 0.404 bits per heavy atom. The monoisotopic (exact) mass is 694 g/mol. The van der Waals surface area contributed by atoms with Gasteiger partial charge in [-0.15, -0.1) is 0 Å². The topological polar surface area (TPSA) is 80.9 Å². The van der Waals surface area contributed by atoms with Crippen LogP contribution in [0.5, 0.6) is 23.0 Å². The van der Waals surface area contributed by atoms with E-state index < -0.39 is 0 Å². The number of phenolic OH excluding ortho intramolecular Hbond substituents is 4. The molecule has 0 aliphatic heterocycles. The van der Waals surface area contributed by atoms with Gasteiger partial charge in [-0.1, -0.05) is 72.8 Å². The summed E-state index contributed by atoms with van der Waals surface area (Å²) < 4.78 is 0. The summed E-state index contributed by atoms with van der Waals surface area (Å²) in [6.45, 7) is 7.90. The first-order valence-corrected chi connectivity index (χ1v) is 19.2. The van der Waals surface area contributed by atoms with Crippen molar-refractivity contribution in [3.05, 3.63) is 153 Å². The Bertz CT molecular complexity index is 1790. The Morgan fingerprint density at radius 2 is 0.654 bits per heavy atom. The van der Waals surface area contributed by atoms with Crippen LogP contribution >= 0.6 is 0 Å². The van der Waals surface area contributed by atoms with Crippen molar-refractivity contribution in [3.63, 3.8) is 0 Å². The predicted molar refractivity (Wildman–Crippen MR) is 211 cm³/mol. The molecule has 4 N–H and O–H groups in total. The zero-order chi connectivity index (χ0) is 36.6. The molecular weight excluding hydrogens is 641 g/mol. The third-order valence-corrected chi connectivity index (χ3v) is 13.0. The Kier molecular flexibility index (Phi) is 9.87. The first-order valence-electron chi connectivity index (χ1n) is 19.2. The minimum atomic E-state index is -0.128. The van der Waals surface area contributed by atoms with Gasteiger partial charge >= 0.3 is 0 Å². The largest absolute Gasteiger partial charge is 0.508 e. The van der Waals surface area contributed by atoms with Crippen LogP contribution in [0.3, 0.4) is 0 Å². The second-order valence-electron chi connectivity index (χ2n) is 16.3. The van der Waals surface area contributed by atoms with Crippen LogP contribution in [-0.2, 0) is 23.7 Å². The normalized spacial score (nSPS) is 17.6. The molecule has 0 amide bonds. The van der Waals surface area contributed by atoms with E-state index in [2.05, 4.69) is 72.8 Å². The average molecular weight is 695 g/mol. The lowest BCUT2D eigenvalue weighted by Crippen LogP contribution is -2.34. The lowest BCUT2D eigenvalue weighted by atomic mass is 9.62. The quantitative estimate of drug-likeness (QED) is 0.130. The minimum Gasteiger partial charge on any atom is -0.508 e. The molecule has 0 bridgehead atoms. The summed E-state index contributed by atoms with van der Waals surface area (Å²) in [6.07, 6.45) is 10.9. The molecule has 4 heteroatoms. The number of phenols is 4. The van der Waals surface area contributed by atoms with Gasteiger partial charge in [0.15, 0.2) is 0 Å². The van der Waals surface area contributed by atoms with E-state index in [1.165, 1.54) is 33.4 Å². The summed E-state index contributed by atoms with van der Waals surface area (Å²) in [6, 6.07) is 33.8. The van der Waals surface area contributed by atoms with Crippen LogP contribution in [0, 0.1) is 39.5 Å². The Labute approximate surface area is 309 Å². The molecule has 0 atom stereocenters. The van der Waals surface area contributed by atoms with Crippen molar-refractivity contribution in [2.24, 2.45) is 11.8 Å². The van der Waals surface area contributed by atoms with Gasteiger partial charge in [0.2, 0.25) is 0 Å². The third-order valence-electron chi connectivity index (χ3n) is 13.0. The molecule has 0 unspecified atom stereocenters. The van der Waals surface area contributed by atoms with E-state index in [0.29, 0.717) is 34.8 Å². The number of hydrogen-bond donors (Lipinski definition) is 4. The number of hydrogen-bond acceptors (Lipinski definition) is 4. The molecule has 5 aromatic carbocycles. The van der Waals surface area contributed by atoms with Gasteiger partial charge in [0, 0.05) is 10.8 Å².